The van der Waals surface area contributed by atoms with Crippen LogP contribution < -0.4 is 0 Å². The van der Waals surface area contributed by atoms with Crippen molar-refractivity contribution in [3.63, 3.8) is 0 Å². The quantitative estimate of drug-likeness (QED) is 0.624. The summed E-state index contributed by atoms with van der Waals surface area (Å²) in [4.78, 5) is 23.4. The number of hydrogen-bond donors (Lipinski definition) is 0. The van der Waals surface area contributed by atoms with Crippen LogP contribution >= 0.6 is 11.8 Å². The van der Waals surface area contributed by atoms with E-state index in [9.17, 15) is 9.59 Å². The molecule has 0 aliphatic heterocycles. The Bertz CT molecular complexity index is 513. The lowest BCUT2D eigenvalue weighted by Gasteiger charge is -2.04. The van der Waals surface area contributed by atoms with Crippen molar-refractivity contribution in [3.05, 3.63) is 71.8 Å². The first-order chi connectivity index (χ1) is 9.77. The lowest BCUT2D eigenvalue weighted by molar-refractivity contribution is 0.0529. The second-order valence-electron chi connectivity index (χ2n) is 4.00. The van der Waals surface area contributed by atoms with Crippen molar-refractivity contribution in [1.82, 2.24) is 0 Å². The van der Waals surface area contributed by atoms with Crippen molar-refractivity contribution in [2.75, 3.05) is 12.4 Å². The molecule has 0 amide bonds. The molecule has 2 aromatic carbocycles. The van der Waals surface area contributed by atoms with E-state index in [0.29, 0.717) is 16.9 Å². The molecule has 20 heavy (non-hydrogen) atoms. The molecule has 4 heteroatoms. The molecule has 0 unspecified atom stereocenters. The number of carbonyl (C=O) groups excluding carboxylic acids is 2. The standard InChI is InChI=1S/C16H14O3S/c17-15(13-7-3-1-4-8-13)19-11-12-20-16(18)14-9-5-2-6-10-14/h1-10H,11-12H2. The van der Waals surface area contributed by atoms with Gasteiger partial charge in [-0.2, -0.15) is 0 Å². The lowest BCUT2D eigenvalue weighted by Crippen LogP contribution is -2.08. The van der Waals surface area contributed by atoms with E-state index in [2.05, 4.69) is 0 Å². The average molecular weight is 286 g/mol. The van der Waals surface area contributed by atoms with Crippen LogP contribution in [0.25, 0.3) is 0 Å². The molecule has 3 nitrogen and oxygen atoms in total. The smallest absolute Gasteiger partial charge is 0.338 e. The number of hydrogen-bond acceptors (Lipinski definition) is 4. The predicted octanol–water partition coefficient (Wildman–Crippen LogP) is 3.42. The zero-order chi connectivity index (χ0) is 14.2. The SMILES string of the molecule is O=C(OCCSC(=O)c1ccccc1)c1ccccc1. The first kappa shape index (κ1) is 14.3. The molecule has 0 radical (unpaired) electrons. The van der Waals surface area contributed by atoms with Crippen LogP contribution in [0.2, 0.25) is 0 Å². The van der Waals surface area contributed by atoms with Gasteiger partial charge in [0.05, 0.1) is 5.56 Å². The monoisotopic (exact) mass is 286 g/mol. The summed E-state index contributed by atoms with van der Waals surface area (Å²) in [6.45, 7) is 0.219. The van der Waals surface area contributed by atoms with Gasteiger partial charge in [0, 0.05) is 11.3 Å². The highest BCUT2D eigenvalue weighted by atomic mass is 32.2. The van der Waals surface area contributed by atoms with Gasteiger partial charge in [-0.15, -0.1) is 0 Å². The van der Waals surface area contributed by atoms with Gasteiger partial charge >= 0.3 is 5.97 Å². The van der Waals surface area contributed by atoms with Crippen LogP contribution in [0, 0.1) is 0 Å². The van der Waals surface area contributed by atoms with E-state index in [1.165, 1.54) is 0 Å². The number of esters is 1. The Kier molecular flexibility index (Phi) is 5.38. The van der Waals surface area contributed by atoms with Crippen molar-refractivity contribution in [1.29, 1.82) is 0 Å². The highest BCUT2D eigenvalue weighted by Crippen LogP contribution is 2.12. The van der Waals surface area contributed by atoms with Gasteiger partial charge in [-0.1, -0.05) is 60.3 Å². The van der Waals surface area contributed by atoms with Crippen molar-refractivity contribution in [2.24, 2.45) is 0 Å². The summed E-state index contributed by atoms with van der Waals surface area (Å²) in [7, 11) is 0. The van der Waals surface area contributed by atoms with Gasteiger partial charge in [-0.05, 0) is 12.1 Å². The minimum Gasteiger partial charge on any atom is -0.461 e. The summed E-state index contributed by atoms with van der Waals surface area (Å²) in [6, 6.07) is 17.8. The van der Waals surface area contributed by atoms with Crippen molar-refractivity contribution >= 4 is 22.8 Å². The van der Waals surface area contributed by atoms with Gasteiger partial charge in [0.25, 0.3) is 0 Å². The highest BCUT2D eigenvalue weighted by molar-refractivity contribution is 8.14. The number of ether oxygens (including phenoxy) is 1. The van der Waals surface area contributed by atoms with E-state index in [1.54, 1.807) is 36.4 Å². The van der Waals surface area contributed by atoms with Crippen LogP contribution in [0.1, 0.15) is 20.7 Å². The molecule has 0 saturated heterocycles. The second-order valence-corrected chi connectivity index (χ2v) is 5.07. The van der Waals surface area contributed by atoms with Crippen LogP contribution in [-0.4, -0.2) is 23.4 Å². The topological polar surface area (TPSA) is 43.4 Å². The zero-order valence-electron chi connectivity index (χ0n) is 10.8. The van der Waals surface area contributed by atoms with Crippen molar-refractivity contribution in [2.45, 2.75) is 0 Å². The maximum Gasteiger partial charge on any atom is 0.338 e. The molecule has 2 rings (SSSR count). The van der Waals surface area contributed by atoms with Gasteiger partial charge in [0.1, 0.15) is 6.61 Å². The minimum absolute atomic E-state index is 0.0126. The van der Waals surface area contributed by atoms with Crippen LogP contribution in [0.15, 0.2) is 60.7 Å². The van der Waals surface area contributed by atoms with Crippen molar-refractivity contribution in [3.8, 4) is 0 Å². The summed E-state index contributed by atoms with van der Waals surface area (Å²) < 4.78 is 5.10. The molecule has 2 aromatic rings. The van der Waals surface area contributed by atoms with E-state index in [1.807, 2.05) is 24.3 Å². The van der Waals surface area contributed by atoms with E-state index in [-0.39, 0.29) is 17.7 Å². The molecule has 0 fully saturated rings. The Morgan fingerprint density at radius 1 is 0.850 bits per heavy atom. The van der Waals surface area contributed by atoms with E-state index < -0.39 is 0 Å². The molecule has 0 saturated carbocycles. The number of rotatable bonds is 5. The molecule has 0 aliphatic rings. The number of carbonyl (C=O) groups is 2. The summed E-state index contributed by atoms with van der Waals surface area (Å²) >= 11 is 1.15. The molecule has 0 aromatic heterocycles. The molecule has 102 valence electrons. The Hall–Kier alpha value is -2.07. The van der Waals surface area contributed by atoms with Gasteiger partial charge in [0.15, 0.2) is 0 Å². The third kappa shape index (κ3) is 4.24. The normalized spacial score (nSPS) is 10.0. The van der Waals surface area contributed by atoms with E-state index in [0.717, 1.165) is 11.8 Å². The molecule has 0 heterocycles. The van der Waals surface area contributed by atoms with Gasteiger partial charge in [-0.25, -0.2) is 4.79 Å². The molecule has 0 spiro atoms. The van der Waals surface area contributed by atoms with Gasteiger partial charge in [0.2, 0.25) is 5.12 Å². The summed E-state index contributed by atoms with van der Waals surface area (Å²) in [5, 5.41) is -0.0126. The summed E-state index contributed by atoms with van der Waals surface area (Å²) in [5.41, 5.74) is 1.18. The van der Waals surface area contributed by atoms with Crippen LogP contribution in [0.5, 0.6) is 0 Å². The third-order valence-corrected chi connectivity index (χ3v) is 3.44. The first-order valence-electron chi connectivity index (χ1n) is 6.22. The largest absolute Gasteiger partial charge is 0.461 e. The Morgan fingerprint density at radius 2 is 1.40 bits per heavy atom. The first-order valence-corrected chi connectivity index (χ1v) is 7.20. The fraction of sp³-hybridized carbons (Fsp3) is 0.125. The molecular weight excluding hydrogens is 272 g/mol. The zero-order valence-corrected chi connectivity index (χ0v) is 11.6. The van der Waals surface area contributed by atoms with E-state index >= 15 is 0 Å². The molecular formula is C16H14O3S. The molecule has 0 bridgehead atoms. The lowest BCUT2D eigenvalue weighted by atomic mass is 10.2. The maximum absolute atomic E-state index is 11.8. The van der Waals surface area contributed by atoms with Crippen molar-refractivity contribution < 1.29 is 14.3 Å². The fourth-order valence-corrected chi connectivity index (χ4v) is 2.24. The molecule has 0 aliphatic carbocycles. The third-order valence-electron chi connectivity index (χ3n) is 2.57. The molecule has 0 N–H and O–H groups in total. The fourth-order valence-electron chi connectivity index (χ4n) is 1.58. The predicted molar refractivity (Wildman–Crippen MR) is 80.0 cm³/mol. The average Bonchev–Trinajstić information content (AvgIpc) is 2.53. The summed E-state index contributed by atoms with van der Waals surface area (Å²) in [6.07, 6.45) is 0. The maximum atomic E-state index is 11.8. The Morgan fingerprint density at radius 3 is 2.00 bits per heavy atom. The Balaban J connectivity index is 1.72. The number of benzene rings is 2. The van der Waals surface area contributed by atoms with Crippen LogP contribution in [0.4, 0.5) is 0 Å². The minimum atomic E-state index is -0.363. The number of thioether (sulfide) groups is 1. The summed E-state index contributed by atoms with van der Waals surface area (Å²) in [5.74, 6) is 0.0881. The Labute approximate surface area is 122 Å². The van der Waals surface area contributed by atoms with Crippen LogP contribution in [0.3, 0.4) is 0 Å². The van der Waals surface area contributed by atoms with E-state index in [4.69, 9.17) is 4.74 Å². The highest BCUT2D eigenvalue weighted by Gasteiger charge is 2.08. The van der Waals surface area contributed by atoms with Gasteiger partial charge in [-0.3, -0.25) is 4.79 Å². The van der Waals surface area contributed by atoms with Gasteiger partial charge < -0.3 is 4.74 Å². The second kappa shape index (κ2) is 7.50. The molecule has 0 atom stereocenters. The van der Waals surface area contributed by atoms with Crippen LogP contribution in [-0.2, 0) is 4.74 Å².